The highest BCUT2D eigenvalue weighted by atomic mass is 32.2. The van der Waals surface area contributed by atoms with Gasteiger partial charge in [-0.05, 0) is 29.8 Å². The summed E-state index contributed by atoms with van der Waals surface area (Å²) in [5, 5.41) is 2.77. The molecule has 0 unspecified atom stereocenters. The molecule has 0 radical (unpaired) electrons. The van der Waals surface area contributed by atoms with Crippen molar-refractivity contribution in [3.05, 3.63) is 78.4 Å². The Hall–Kier alpha value is -3.72. The number of nitrogens with zero attached hydrogens (tertiary/aromatic N) is 1. The van der Waals surface area contributed by atoms with Crippen molar-refractivity contribution in [2.24, 2.45) is 0 Å². The maximum atomic E-state index is 13.3. The normalized spacial score (nSPS) is 16.8. The number of para-hydroxylation sites is 2. The number of anilines is 2. The predicted molar refractivity (Wildman–Crippen MR) is 118 cm³/mol. The minimum atomic E-state index is -3.76. The Labute approximate surface area is 185 Å². The lowest BCUT2D eigenvalue weighted by Gasteiger charge is -2.34. The molecule has 0 aromatic heterocycles. The van der Waals surface area contributed by atoms with Gasteiger partial charge < -0.3 is 19.5 Å². The number of rotatable bonds is 5. The van der Waals surface area contributed by atoms with Gasteiger partial charge in [-0.1, -0.05) is 42.5 Å². The standard InChI is InChI=1S/C23H20N2O6S/c26-23(24-17-10-11-20-21(12-17)30-15-29-20)22-13-25(18-8-4-5-9-19(18)31-22)32(27,28)14-16-6-2-1-3-7-16/h1-12,22H,13-15H2,(H,24,26)/t22-/m0/s1. The minimum absolute atomic E-state index is 0.128. The van der Waals surface area contributed by atoms with Crippen LogP contribution < -0.4 is 23.8 Å². The molecule has 0 bridgehead atoms. The molecule has 1 amide bonds. The van der Waals surface area contributed by atoms with Crippen LogP contribution in [0.3, 0.4) is 0 Å². The second kappa shape index (κ2) is 8.08. The number of carbonyl (C=O) groups excluding carboxylic acids is 1. The number of nitrogens with one attached hydrogen (secondary N) is 1. The summed E-state index contributed by atoms with van der Waals surface area (Å²) in [6.07, 6.45) is -1.03. The lowest BCUT2D eigenvalue weighted by atomic mass is 10.2. The third-order valence-electron chi connectivity index (χ3n) is 5.20. The third-order valence-corrected chi connectivity index (χ3v) is 6.91. The van der Waals surface area contributed by atoms with E-state index in [4.69, 9.17) is 14.2 Å². The molecule has 0 saturated heterocycles. The third kappa shape index (κ3) is 3.94. The van der Waals surface area contributed by atoms with E-state index in [1.54, 1.807) is 66.7 Å². The number of hydrogen-bond acceptors (Lipinski definition) is 6. The van der Waals surface area contributed by atoms with Crippen LogP contribution in [0, 0.1) is 0 Å². The fourth-order valence-electron chi connectivity index (χ4n) is 3.66. The van der Waals surface area contributed by atoms with E-state index in [0.29, 0.717) is 34.2 Å². The van der Waals surface area contributed by atoms with Crippen molar-refractivity contribution in [2.45, 2.75) is 11.9 Å². The number of ether oxygens (including phenoxy) is 3. The molecule has 5 rings (SSSR count). The topological polar surface area (TPSA) is 94.2 Å². The van der Waals surface area contributed by atoms with Crippen molar-refractivity contribution < 1.29 is 27.4 Å². The number of fused-ring (bicyclic) bond motifs is 2. The van der Waals surface area contributed by atoms with Gasteiger partial charge in [-0.3, -0.25) is 9.10 Å². The molecular weight excluding hydrogens is 432 g/mol. The molecule has 0 saturated carbocycles. The first-order valence-electron chi connectivity index (χ1n) is 10.0. The van der Waals surface area contributed by atoms with Crippen molar-refractivity contribution in [2.75, 3.05) is 23.0 Å². The first-order valence-corrected chi connectivity index (χ1v) is 11.6. The van der Waals surface area contributed by atoms with E-state index in [1.807, 2.05) is 6.07 Å². The van der Waals surface area contributed by atoms with Crippen LogP contribution in [0.5, 0.6) is 17.2 Å². The highest BCUT2D eigenvalue weighted by molar-refractivity contribution is 7.92. The van der Waals surface area contributed by atoms with Crippen molar-refractivity contribution in [3.63, 3.8) is 0 Å². The fourth-order valence-corrected chi connectivity index (χ4v) is 5.24. The maximum absolute atomic E-state index is 13.3. The van der Waals surface area contributed by atoms with E-state index in [0.717, 1.165) is 0 Å². The molecule has 2 aliphatic heterocycles. The molecule has 3 aromatic carbocycles. The Kier molecular flexibility index (Phi) is 5.10. The zero-order valence-corrected chi connectivity index (χ0v) is 17.7. The molecule has 1 N–H and O–H groups in total. The summed E-state index contributed by atoms with van der Waals surface area (Å²) in [7, 11) is -3.76. The molecule has 0 aliphatic carbocycles. The Morgan fingerprint density at radius 2 is 1.69 bits per heavy atom. The molecule has 0 spiro atoms. The number of benzene rings is 3. The monoisotopic (exact) mass is 452 g/mol. The zero-order valence-electron chi connectivity index (χ0n) is 16.9. The lowest BCUT2D eigenvalue weighted by Crippen LogP contribution is -2.49. The van der Waals surface area contributed by atoms with Gasteiger partial charge in [0.25, 0.3) is 5.91 Å². The van der Waals surface area contributed by atoms with Crippen LogP contribution in [-0.2, 0) is 20.6 Å². The van der Waals surface area contributed by atoms with Crippen LogP contribution >= 0.6 is 0 Å². The average Bonchev–Trinajstić information content (AvgIpc) is 3.26. The molecule has 2 aliphatic rings. The van der Waals surface area contributed by atoms with E-state index in [9.17, 15) is 13.2 Å². The molecule has 3 aromatic rings. The molecule has 9 heteroatoms. The Balaban J connectivity index is 1.40. The Morgan fingerprint density at radius 1 is 0.938 bits per heavy atom. The molecule has 0 fully saturated rings. The van der Waals surface area contributed by atoms with Gasteiger partial charge >= 0.3 is 0 Å². The quantitative estimate of drug-likeness (QED) is 0.639. The van der Waals surface area contributed by atoms with E-state index >= 15 is 0 Å². The van der Waals surface area contributed by atoms with Gasteiger partial charge in [0.05, 0.1) is 18.0 Å². The first-order chi connectivity index (χ1) is 15.5. The zero-order chi connectivity index (χ0) is 22.1. The van der Waals surface area contributed by atoms with Gasteiger partial charge in [0.2, 0.25) is 16.8 Å². The highest BCUT2D eigenvalue weighted by Gasteiger charge is 2.36. The van der Waals surface area contributed by atoms with Gasteiger partial charge in [0.1, 0.15) is 5.75 Å². The molecule has 8 nitrogen and oxygen atoms in total. The maximum Gasteiger partial charge on any atom is 0.267 e. The van der Waals surface area contributed by atoms with Crippen LogP contribution in [-0.4, -0.2) is 33.8 Å². The lowest BCUT2D eigenvalue weighted by molar-refractivity contribution is -0.122. The summed E-state index contributed by atoms with van der Waals surface area (Å²) < 4.78 is 44.3. The van der Waals surface area contributed by atoms with Gasteiger partial charge in [-0.25, -0.2) is 8.42 Å². The van der Waals surface area contributed by atoms with E-state index in [-0.39, 0.29) is 19.1 Å². The van der Waals surface area contributed by atoms with Gasteiger partial charge in [-0.15, -0.1) is 0 Å². The van der Waals surface area contributed by atoms with Crippen LogP contribution in [0.2, 0.25) is 0 Å². The largest absolute Gasteiger partial charge is 0.476 e. The van der Waals surface area contributed by atoms with Crippen LogP contribution in [0.25, 0.3) is 0 Å². The summed E-state index contributed by atoms with van der Waals surface area (Å²) in [6.45, 7) is -0.00788. The van der Waals surface area contributed by atoms with Crippen LogP contribution in [0.4, 0.5) is 11.4 Å². The van der Waals surface area contributed by atoms with Crippen LogP contribution in [0.15, 0.2) is 72.8 Å². The molecule has 1 atom stereocenters. The number of carbonyl (C=O) groups is 1. The number of hydrogen-bond donors (Lipinski definition) is 1. The van der Waals surface area contributed by atoms with Crippen LogP contribution in [0.1, 0.15) is 5.56 Å². The summed E-state index contributed by atoms with van der Waals surface area (Å²) in [6, 6.07) is 20.8. The van der Waals surface area contributed by atoms with Gasteiger partial charge in [-0.2, -0.15) is 0 Å². The molecular formula is C23H20N2O6S. The SMILES string of the molecule is O=C(Nc1ccc2c(c1)OCO2)[C@@H]1CN(S(=O)(=O)Cc2ccccc2)c2ccccc2O1. The molecule has 2 heterocycles. The average molecular weight is 452 g/mol. The minimum Gasteiger partial charge on any atom is -0.476 e. The summed E-state index contributed by atoms with van der Waals surface area (Å²) in [5.41, 5.74) is 1.58. The van der Waals surface area contributed by atoms with Crippen molar-refractivity contribution in [1.29, 1.82) is 0 Å². The smallest absolute Gasteiger partial charge is 0.267 e. The van der Waals surface area contributed by atoms with E-state index < -0.39 is 22.0 Å². The number of sulfonamides is 1. The van der Waals surface area contributed by atoms with Gasteiger partial charge in [0, 0.05) is 11.8 Å². The number of amides is 1. The first kappa shape index (κ1) is 20.2. The summed E-state index contributed by atoms with van der Waals surface area (Å²) in [5.74, 6) is 0.826. The Morgan fingerprint density at radius 3 is 2.53 bits per heavy atom. The van der Waals surface area contributed by atoms with Crippen molar-refractivity contribution in [3.8, 4) is 17.2 Å². The second-order valence-electron chi connectivity index (χ2n) is 7.40. The predicted octanol–water partition coefficient (Wildman–Crippen LogP) is 3.15. The van der Waals surface area contributed by atoms with Gasteiger partial charge in [0.15, 0.2) is 17.6 Å². The fraction of sp³-hybridized carbons (Fsp3) is 0.174. The van der Waals surface area contributed by atoms with E-state index in [1.165, 1.54) is 4.31 Å². The Bertz CT molecular complexity index is 1260. The molecule has 32 heavy (non-hydrogen) atoms. The highest BCUT2D eigenvalue weighted by Crippen LogP contribution is 2.37. The second-order valence-corrected chi connectivity index (χ2v) is 9.30. The summed E-state index contributed by atoms with van der Waals surface area (Å²) in [4.78, 5) is 13.0. The molecule has 164 valence electrons. The van der Waals surface area contributed by atoms with Crippen molar-refractivity contribution in [1.82, 2.24) is 0 Å². The van der Waals surface area contributed by atoms with Crippen molar-refractivity contribution >= 4 is 27.3 Å². The van der Waals surface area contributed by atoms with E-state index in [2.05, 4.69) is 5.32 Å². The summed E-state index contributed by atoms with van der Waals surface area (Å²) >= 11 is 0.